The van der Waals surface area contributed by atoms with Gasteiger partial charge >= 0.3 is 0 Å². The van der Waals surface area contributed by atoms with Crippen LogP contribution in [0.5, 0.6) is 0 Å². The summed E-state index contributed by atoms with van der Waals surface area (Å²) >= 11 is 0. The Morgan fingerprint density at radius 2 is 1.69 bits per heavy atom. The van der Waals surface area contributed by atoms with Crippen LogP contribution < -0.4 is 5.73 Å². The van der Waals surface area contributed by atoms with E-state index in [4.69, 9.17) is 16.4 Å². The first-order valence-corrected chi connectivity index (χ1v) is 5.53. The number of nitrogens with one attached hydrogen (secondary N) is 1. The van der Waals surface area contributed by atoms with Crippen LogP contribution in [0.15, 0.2) is 29.2 Å². The molecule has 0 fully saturated rings. The van der Waals surface area contributed by atoms with Crippen molar-refractivity contribution in [3.8, 4) is 0 Å². The highest BCUT2D eigenvalue weighted by Gasteiger charge is 2.09. The SMILES string of the molecule is [NH]C(=O)c1ccc(S(=O)(=O)Cl)cc1. The number of carbonyl (C=O) groups is 1. The van der Waals surface area contributed by atoms with E-state index in [1.165, 1.54) is 24.3 Å². The lowest BCUT2D eigenvalue weighted by Crippen LogP contribution is -1.99. The molecular weight excluding hydrogens is 214 g/mol. The topological polar surface area (TPSA) is 75.0 Å². The maximum atomic E-state index is 10.7. The lowest BCUT2D eigenvalue weighted by Gasteiger charge is -1.96. The summed E-state index contributed by atoms with van der Waals surface area (Å²) in [5.74, 6) is -0.862. The van der Waals surface area contributed by atoms with E-state index in [0.29, 0.717) is 0 Å². The minimum Gasteiger partial charge on any atom is -0.267 e. The molecule has 1 radical (unpaired) electrons. The standard InChI is InChI=1S/C7H5ClNO3S/c8-13(11,12)6-3-1-5(2-4-6)7(9)10/h1-4,9H. The third-order valence-corrected chi connectivity index (χ3v) is 2.77. The molecule has 4 nitrogen and oxygen atoms in total. The van der Waals surface area contributed by atoms with Crippen molar-refractivity contribution >= 4 is 25.6 Å². The first-order chi connectivity index (χ1) is 5.91. The molecule has 13 heavy (non-hydrogen) atoms. The van der Waals surface area contributed by atoms with Gasteiger partial charge in [0.15, 0.2) is 0 Å². The molecule has 0 aliphatic carbocycles. The maximum Gasteiger partial charge on any atom is 0.269 e. The van der Waals surface area contributed by atoms with Gasteiger partial charge in [0.25, 0.3) is 15.0 Å². The highest BCUT2D eigenvalue weighted by Crippen LogP contribution is 2.14. The van der Waals surface area contributed by atoms with Crippen LogP contribution in [0.1, 0.15) is 10.4 Å². The normalized spacial score (nSPS) is 11.2. The summed E-state index contributed by atoms with van der Waals surface area (Å²) in [5, 5.41) is 0. The molecule has 0 unspecified atom stereocenters. The average molecular weight is 219 g/mol. The van der Waals surface area contributed by atoms with Crippen molar-refractivity contribution in [1.29, 1.82) is 0 Å². The van der Waals surface area contributed by atoms with E-state index in [1.54, 1.807) is 0 Å². The fourth-order valence-corrected chi connectivity index (χ4v) is 1.54. The van der Waals surface area contributed by atoms with Crippen molar-refractivity contribution in [2.75, 3.05) is 0 Å². The Hall–Kier alpha value is -1.07. The lowest BCUT2D eigenvalue weighted by molar-refractivity contribution is 0.0992. The average Bonchev–Trinajstić information content (AvgIpc) is 2.03. The Bertz CT molecular complexity index is 424. The fraction of sp³-hybridized carbons (Fsp3) is 0. The molecule has 1 aromatic rings. The second kappa shape index (κ2) is 3.35. The second-order valence-electron chi connectivity index (χ2n) is 2.29. The van der Waals surface area contributed by atoms with Crippen LogP contribution in [0.4, 0.5) is 0 Å². The van der Waals surface area contributed by atoms with E-state index in [0.717, 1.165) is 0 Å². The third-order valence-electron chi connectivity index (χ3n) is 1.40. The van der Waals surface area contributed by atoms with Crippen LogP contribution in [0.2, 0.25) is 0 Å². The van der Waals surface area contributed by atoms with Gasteiger partial charge in [-0.2, -0.15) is 0 Å². The molecule has 0 aromatic heterocycles. The predicted octanol–water partition coefficient (Wildman–Crippen LogP) is 1.04. The zero-order chi connectivity index (χ0) is 10.1. The number of amides is 1. The summed E-state index contributed by atoms with van der Waals surface area (Å²) < 4.78 is 21.5. The summed E-state index contributed by atoms with van der Waals surface area (Å²) in [7, 11) is 1.29. The second-order valence-corrected chi connectivity index (χ2v) is 4.86. The number of hydrogen-bond acceptors (Lipinski definition) is 3. The Morgan fingerprint density at radius 3 is 2.00 bits per heavy atom. The van der Waals surface area contributed by atoms with Gasteiger partial charge < -0.3 is 0 Å². The van der Waals surface area contributed by atoms with Crippen molar-refractivity contribution in [2.45, 2.75) is 4.90 Å². The molecule has 0 aliphatic rings. The van der Waals surface area contributed by atoms with Gasteiger partial charge in [-0.1, -0.05) is 0 Å². The molecule has 0 saturated carbocycles. The lowest BCUT2D eigenvalue weighted by atomic mass is 10.2. The first-order valence-electron chi connectivity index (χ1n) is 3.22. The van der Waals surface area contributed by atoms with Gasteiger partial charge in [-0.15, -0.1) is 0 Å². The van der Waals surface area contributed by atoms with Crippen LogP contribution in [-0.2, 0) is 9.05 Å². The molecule has 1 aromatic carbocycles. The summed E-state index contributed by atoms with van der Waals surface area (Å²) in [6.07, 6.45) is 0. The minimum atomic E-state index is -3.75. The first kappa shape index (κ1) is 10.0. The van der Waals surface area contributed by atoms with E-state index in [1.807, 2.05) is 0 Å². The summed E-state index contributed by atoms with van der Waals surface area (Å²) in [4.78, 5) is 10.4. The largest absolute Gasteiger partial charge is 0.269 e. The third kappa shape index (κ3) is 2.43. The van der Waals surface area contributed by atoms with Crippen LogP contribution >= 0.6 is 10.7 Å². The maximum absolute atomic E-state index is 10.7. The van der Waals surface area contributed by atoms with E-state index < -0.39 is 15.0 Å². The minimum absolute atomic E-state index is 0.0841. The van der Waals surface area contributed by atoms with E-state index in [9.17, 15) is 13.2 Å². The van der Waals surface area contributed by atoms with Crippen molar-refractivity contribution in [2.24, 2.45) is 0 Å². The van der Waals surface area contributed by atoms with Gasteiger partial charge in [-0.25, -0.2) is 8.42 Å². The molecule has 1 rings (SSSR count). The van der Waals surface area contributed by atoms with Crippen molar-refractivity contribution in [3.63, 3.8) is 0 Å². The van der Waals surface area contributed by atoms with Crippen LogP contribution in [0, 0.1) is 0 Å². The van der Waals surface area contributed by atoms with Gasteiger partial charge in [0.05, 0.1) is 4.90 Å². The summed E-state index contributed by atoms with van der Waals surface area (Å²) in [6.45, 7) is 0. The van der Waals surface area contributed by atoms with E-state index in [2.05, 4.69) is 0 Å². The molecule has 0 heterocycles. The van der Waals surface area contributed by atoms with Gasteiger partial charge in [-0.3, -0.25) is 10.5 Å². The number of carbonyl (C=O) groups excluding carboxylic acids is 1. The molecule has 1 N–H and O–H groups in total. The molecule has 0 spiro atoms. The highest BCUT2D eigenvalue weighted by atomic mass is 35.7. The van der Waals surface area contributed by atoms with Gasteiger partial charge in [-0.05, 0) is 24.3 Å². The van der Waals surface area contributed by atoms with Crippen LogP contribution in [-0.4, -0.2) is 14.3 Å². The van der Waals surface area contributed by atoms with E-state index in [-0.39, 0.29) is 10.5 Å². The Labute approximate surface area is 79.7 Å². The van der Waals surface area contributed by atoms with Crippen LogP contribution in [0.3, 0.4) is 0 Å². The van der Waals surface area contributed by atoms with Gasteiger partial charge in [0.1, 0.15) is 0 Å². The number of benzene rings is 1. The molecule has 0 bridgehead atoms. The molecule has 6 heteroatoms. The summed E-state index contributed by atoms with van der Waals surface area (Å²) in [5.41, 5.74) is 6.85. The Balaban J connectivity index is 3.16. The fourth-order valence-electron chi connectivity index (χ4n) is 0.769. The highest BCUT2D eigenvalue weighted by molar-refractivity contribution is 8.13. The zero-order valence-corrected chi connectivity index (χ0v) is 7.89. The molecule has 1 amide bonds. The quantitative estimate of drug-likeness (QED) is 0.696. The molecule has 0 saturated heterocycles. The molecular formula is C7H5ClNO3S. The summed E-state index contributed by atoms with van der Waals surface area (Å²) in [6, 6.07) is 4.85. The van der Waals surface area contributed by atoms with Crippen molar-refractivity contribution in [1.82, 2.24) is 5.73 Å². The molecule has 0 aliphatic heterocycles. The smallest absolute Gasteiger partial charge is 0.267 e. The van der Waals surface area contributed by atoms with Gasteiger partial charge in [0, 0.05) is 16.2 Å². The molecule has 69 valence electrons. The van der Waals surface area contributed by atoms with Crippen LogP contribution in [0.25, 0.3) is 0 Å². The molecule has 0 atom stereocenters. The number of halogens is 1. The van der Waals surface area contributed by atoms with E-state index >= 15 is 0 Å². The number of rotatable bonds is 2. The van der Waals surface area contributed by atoms with Gasteiger partial charge in [0.2, 0.25) is 0 Å². The predicted molar refractivity (Wildman–Crippen MR) is 46.9 cm³/mol. The Kier molecular flexibility index (Phi) is 2.58. The zero-order valence-electron chi connectivity index (χ0n) is 6.32. The monoisotopic (exact) mass is 218 g/mol. The Morgan fingerprint density at radius 1 is 1.23 bits per heavy atom. The van der Waals surface area contributed by atoms with Crippen molar-refractivity contribution < 1.29 is 13.2 Å². The van der Waals surface area contributed by atoms with Crippen molar-refractivity contribution in [3.05, 3.63) is 29.8 Å². The number of hydrogen-bond donors (Lipinski definition) is 0.